The molecule has 1 N–H and O–H groups in total. The van der Waals surface area contributed by atoms with E-state index in [2.05, 4.69) is 0 Å². The summed E-state index contributed by atoms with van der Waals surface area (Å²) in [5, 5.41) is 12.5. The quantitative estimate of drug-likeness (QED) is 0.255. The molecule has 1 saturated heterocycles. The number of rotatable bonds is 8. The highest BCUT2D eigenvalue weighted by atomic mass is 16.6. The average Bonchev–Trinajstić information content (AvgIpc) is 3.25. The molecule has 3 aromatic carbocycles. The Hall–Kier alpha value is -4.54. The average molecular weight is 657 g/mol. The zero-order chi connectivity index (χ0) is 34.3. The van der Waals surface area contributed by atoms with Crippen molar-refractivity contribution in [3.8, 4) is 0 Å². The number of ether oxygens (including phenoxy) is 5. The molecular formula is C38H40O10. The van der Waals surface area contributed by atoms with Crippen molar-refractivity contribution in [2.75, 3.05) is 6.61 Å². The van der Waals surface area contributed by atoms with Gasteiger partial charge in [-0.3, -0.25) is 4.79 Å². The first kappa shape index (κ1) is 33.4. The van der Waals surface area contributed by atoms with Crippen LogP contribution < -0.4 is 0 Å². The Morgan fingerprint density at radius 1 is 0.750 bits per heavy atom. The van der Waals surface area contributed by atoms with Crippen molar-refractivity contribution in [2.45, 2.75) is 76.2 Å². The molecule has 2 bridgehead atoms. The SMILES string of the molecule is CC(=O)O[C@H]1C[C@@H](C)[C@]23OC(C)(C)[C@H](C[C@H](OC(=O)c4ccccc4)[C@]2(COC(=O)c2ccccc2)[C@H]1O)[C@H]3OC(=O)c1ccccc1. The van der Waals surface area contributed by atoms with E-state index >= 15 is 0 Å². The van der Waals surface area contributed by atoms with E-state index < -0.39 is 83.4 Å². The highest BCUT2D eigenvalue weighted by Crippen LogP contribution is 2.67. The van der Waals surface area contributed by atoms with Crippen molar-refractivity contribution < 1.29 is 48.0 Å². The van der Waals surface area contributed by atoms with Crippen LogP contribution in [0.3, 0.4) is 0 Å². The minimum atomic E-state index is -1.76. The van der Waals surface area contributed by atoms with Gasteiger partial charge in [-0.1, -0.05) is 61.5 Å². The van der Waals surface area contributed by atoms with Crippen molar-refractivity contribution >= 4 is 23.9 Å². The van der Waals surface area contributed by atoms with Gasteiger partial charge in [-0.15, -0.1) is 0 Å². The minimum Gasteiger partial charge on any atom is -0.461 e. The Kier molecular flexibility index (Phi) is 8.91. The molecule has 10 nitrogen and oxygen atoms in total. The van der Waals surface area contributed by atoms with Crippen LogP contribution in [-0.4, -0.2) is 71.2 Å². The molecule has 3 aliphatic rings. The third-order valence-electron chi connectivity index (χ3n) is 10.4. The van der Waals surface area contributed by atoms with Gasteiger partial charge in [-0.2, -0.15) is 0 Å². The van der Waals surface area contributed by atoms with Gasteiger partial charge in [-0.25, -0.2) is 14.4 Å². The maximum absolute atomic E-state index is 13.8. The van der Waals surface area contributed by atoms with E-state index in [-0.39, 0.29) is 24.0 Å². The number of hydrogen-bond acceptors (Lipinski definition) is 10. The molecule has 48 heavy (non-hydrogen) atoms. The maximum Gasteiger partial charge on any atom is 0.338 e. The molecule has 3 fully saturated rings. The van der Waals surface area contributed by atoms with Crippen molar-refractivity contribution in [2.24, 2.45) is 17.3 Å². The van der Waals surface area contributed by atoms with E-state index in [9.17, 15) is 24.3 Å². The first-order chi connectivity index (χ1) is 22.9. The second kappa shape index (κ2) is 12.8. The monoisotopic (exact) mass is 656 g/mol. The van der Waals surface area contributed by atoms with Crippen molar-refractivity contribution in [1.29, 1.82) is 0 Å². The van der Waals surface area contributed by atoms with Crippen LogP contribution in [0.4, 0.5) is 0 Å². The molecule has 2 aliphatic carbocycles. The molecule has 6 rings (SSSR count). The first-order valence-corrected chi connectivity index (χ1v) is 16.2. The number of benzene rings is 3. The summed E-state index contributed by atoms with van der Waals surface area (Å²) < 4.78 is 31.5. The summed E-state index contributed by atoms with van der Waals surface area (Å²) in [4.78, 5) is 53.3. The van der Waals surface area contributed by atoms with E-state index in [0.717, 1.165) is 0 Å². The van der Waals surface area contributed by atoms with Crippen LogP contribution in [0.2, 0.25) is 0 Å². The molecule has 2 saturated carbocycles. The van der Waals surface area contributed by atoms with E-state index in [1.165, 1.54) is 6.92 Å². The molecular weight excluding hydrogens is 616 g/mol. The van der Waals surface area contributed by atoms with Crippen LogP contribution in [0.1, 0.15) is 71.6 Å². The van der Waals surface area contributed by atoms with Gasteiger partial charge in [0.15, 0.2) is 0 Å². The summed E-state index contributed by atoms with van der Waals surface area (Å²) in [7, 11) is 0. The summed E-state index contributed by atoms with van der Waals surface area (Å²) >= 11 is 0. The molecule has 0 radical (unpaired) electrons. The fourth-order valence-corrected chi connectivity index (χ4v) is 8.25. The second-order valence-electron chi connectivity index (χ2n) is 13.5. The van der Waals surface area contributed by atoms with Gasteiger partial charge in [0.25, 0.3) is 0 Å². The molecule has 252 valence electrons. The molecule has 1 heterocycles. The second-order valence-corrected chi connectivity index (χ2v) is 13.5. The largest absolute Gasteiger partial charge is 0.461 e. The van der Waals surface area contributed by atoms with Crippen LogP contribution in [-0.2, 0) is 28.5 Å². The van der Waals surface area contributed by atoms with Gasteiger partial charge < -0.3 is 28.8 Å². The van der Waals surface area contributed by atoms with Gasteiger partial charge in [0.05, 0.1) is 22.3 Å². The number of fused-ring (bicyclic) bond motifs is 1. The topological polar surface area (TPSA) is 135 Å². The number of esters is 4. The van der Waals surface area contributed by atoms with Crippen molar-refractivity contribution in [1.82, 2.24) is 0 Å². The number of aliphatic hydroxyl groups is 1. The maximum atomic E-state index is 13.8. The van der Waals surface area contributed by atoms with Gasteiger partial charge in [0, 0.05) is 12.8 Å². The number of hydrogen-bond donors (Lipinski definition) is 1. The zero-order valence-corrected chi connectivity index (χ0v) is 27.4. The van der Waals surface area contributed by atoms with Crippen molar-refractivity contribution in [3.63, 3.8) is 0 Å². The predicted molar refractivity (Wildman–Crippen MR) is 172 cm³/mol. The highest BCUT2D eigenvalue weighted by Gasteiger charge is 2.82. The normalized spacial score (nSPS) is 31.5. The summed E-state index contributed by atoms with van der Waals surface area (Å²) in [6, 6.07) is 25.3. The molecule has 0 aromatic heterocycles. The summed E-state index contributed by atoms with van der Waals surface area (Å²) in [6.07, 6.45) is -4.52. The Labute approximate surface area is 279 Å². The Morgan fingerprint density at radius 3 is 1.77 bits per heavy atom. The lowest BCUT2D eigenvalue weighted by Crippen LogP contribution is -2.78. The molecule has 0 unspecified atom stereocenters. The zero-order valence-electron chi connectivity index (χ0n) is 27.4. The van der Waals surface area contributed by atoms with Gasteiger partial charge in [0.2, 0.25) is 0 Å². The summed E-state index contributed by atoms with van der Waals surface area (Å²) in [6.45, 7) is 6.34. The highest BCUT2D eigenvalue weighted by molar-refractivity contribution is 5.90. The lowest BCUT2D eigenvalue weighted by atomic mass is 9.48. The van der Waals surface area contributed by atoms with Gasteiger partial charge >= 0.3 is 23.9 Å². The van der Waals surface area contributed by atoms with Crippen LogP contribution >= 0.6 is 0 Å². The van der Waals surface area contributed by atoms with Crippen LogP contribution in [0, 0.1) is 17.3 Å². The summed E-state index contributed by atoms with van der Waals surface area (Å²) in [5.41, 5.74) is -3.39. The Balaban J connectivity index is 1.52. The smallest absolute Gasteiger partial charge is 0.338 e. The number of carbonyl (C=O) groups is 4. The van der Waals surface area contributed by atoms with Gasteiger partial charge in [0.1, 0.15) is 42.0 Å². The number of aliphatic hydroxyl groups excluding tert-OH is 1. The molecule has 1 spiro atoms. The standard InChI is InChI=1S/C38H40O10/c1-23-20-29(45-24(2)39)31(40)37(22-44-33(41)25-14-8-5-9-15-25)30(46-34(42)26-16-10-6-11-17-26)21-28-32(38(23,37)48-36(28,3)4)47-35(43)27-18-12-7-13-19-27/h5-19,23,28-32,40H,20-22H2,1-4H3/t23-,28-,29+,30+,31+,32-,37-,38-/m1/s1. The van der Waals surface area contributed by atoms with E-state index in [0.29, 0.717) is 5.56 Å². The molecule has 8 atom stereocenters. The summed E-state index contributed by atoms with van der Waals surface area (Å²) in [5.74, 6) is -3.61. The van der Waals surface area contributed by atoms with Crippen LogP contribution in [0.5, 0.6) is 0 Å². The minimum absolute atomic E-state index is 0.0829. The van der Waals surface area contributed by atoms with E-state index in [1.54, 1.807) is 91.0 Å². The van der Waals surface area contributed by atoms with Crippen LogP contribution in [0.25, 0.3) is 0 Å². The van der Waals surface area contributed by atoms with Crippen LogP contribution in [0.15, 0.2) is 91.0 Å². The predicted octanol–water partition coefficient (Wildman–Crippen LogP) is 5.18. The van der Waals surface area contributed by atoms with Crippen molar-refractivity contribution in [3.05, 3.63) is 108 Å². The third kappa shape index (κ3) is 5.56. The molecule has 10 heteroatoms. The first-order valence-electron chi connectivity index (χ1n) is 16.2. The lowest BCUT2D eigenvalue weighted by Gasteiger charge is -2.63. The fourth-order valence-electron chi connectivity index (χ4n) is 8.25. The fraction of sp³-hybridized carbons (Fsp3) is 0.421. The van der Waals surface area contributed by atoms with Gasteiger partial charge in [-0.05, 0) is 69.0 Å². The number of carbonyl (C=O) groups excluding carboxylic acids is 4. The lowest BCUT2D eigenvalue weighted by molar-refractivity contribution is -0.314. The van der Waals surface area contributed by atoms with E-state index in [1.807, 2.05) is 20.8 Å². The van der Waals surface area contributed by atoms with E-state index in [4.69, 9.17) is 23.7 Å². The molecule has 0 amide bonds. The molecule has 1 aliphatic heterocycles. The Bertz CT molecular complexity index is 1660. The third-order valence-corrected chi connectivity index (χ3v) is 10.4. The Morgan fingerprint density at radius 2 is 1.25 bits per heavy atom. The molecule has 3 aromatic rings.